The van der Waals surface area contributed by atoms with Gasteiger partial charge in [0.05, 0.1) is 5.52 Å². The van der Waals surface area contributed by atoms with Gasteiger partial charge < -0.3 is 9.69 Å². The third-order valence-corrected chi connectivity index (χ3v) is 4.93. The monoisotopic (exact) mass is 357 g/mol. The van der Waals surface area contributed by atoms with Crippen LogP contribution in [0.25, 0.3) is 65.2 Å². The normalized spacial score (nSPS) is 11.5. The van der Waals surface area contributed by atoms with E-state index in [0.29, 0.717) is 11.4 Å². The van der Waals surface area contributed by atoms with Crippen molar-refractivity contribution in [3.8, 4) is 22.5 Å². The second kappa shape index (κ2) is 5.03. The first-order chi connectivity index (χ1) is 13.8. The van der Waals surface area contributed by atoms with Crippen molar-refractivity contribution in [1.29, 1.82) is 0 Å². The molecule has 0 atom stereocenters. The van der Waals surface area contributed by atoms with Gasteiger partial charge in [0.25, 0.3) is 11.6 Å². The van der Waals surface area contributed by atoms with Crippen LogP contribution in [-0.2, 0) is 0 Å². The van der Waals surface area contributed by atoms with Crippen LogP contribution < -0.4 is 0 Å². The highest BCUT2D eigenvalue weighted by atomic mass is 15.1. The summed E-state index contributed by atoms with van der Waals surface area (Å²) in [7, 11) is 0. The molecule has 3 heterocycles. The van der Waals surface area contributed by atoms with E-state index in [0.717, 1.165) is 32.8 Å². The number of aromatic nitrogens is 5. The maximum absolute atomic E-state index is 7.23. The lowest BCUT2D eigenvalue weighted by molar-refractivity contribution is 1.19. The number of pyridine rings is 1. The molecule has 0 radical (unpaired) electrons. The molecule has 0 bridgehead atoms. The highest BCUT2D eigenvalue weighted by Gasteiger charge is 2.28. The number of rotatable bonds is 0. The molecule has 5 aromatic rings. The minimum Gasteiger partial charge on any atom is -0.370 e. The van der Waals surface area contributed by atoms with E-state index in [1.807, 2.05) is 30.3 Å². The molecule has 6 rings (SSSR count). The first kappa shape index (κ1) is 14.7. The molecule has 0 amide bonds. The van der Waals surface area contributed by atoms with Crippen LogP contribution >= 0.6 is 0 Å². The third kappa shape index (κ3) is 1.72. The molecule has 1 aliphatic carbocycles. The Kier molecular flexibility index (Phi) is 2.63. The molecular weight excluding hydrogens is 350 g/mol. The molecule has 0 spiro atoms. The molecule has 0 fully saturated rings. The maximum atomic E-state index is 7.23. The van der Waals surface area contributed by atoms with E-state index in [-0.39, 0.29) is 22.9 Å². The number of nitrogens with zero attached hydrogens (tertiary/aromatic N) is 7. The van der Waals surface area contributed by atoms with Crippen molar-refractivity contribution in [3.63, 3.8) is 0 Å². The molecule has 7 heteroatoms. The second-order valence-electron chi connectivity index (χ2n) is 6.39. The average molecular weight is 357 g/mol. The van der Waals surface area contributed by atoms with E-state index < -0.39 is 0 Å². The molecule has 0 saturated carbocycles. The van der Waals surface area contributed by atoms with E-state index in [1.54, 1.807) is 6.20 Å². The van der Waals surface area contributed by atoms with Crippen LogP contribution in [0, 0.1) is 13.1 Å². The van der Waals surface area contributed by atoms with Crippen molar-refractivity contribution in [2.45, 2.75) is 0 Å². The number of benzene rings is 2. The molecule has 126 valence electrons. The molecule has 7 nitrogen and oxygen atoms in total. The molecule has 0 N–H and O–H groups in total. The lowest BCUT2D eigenvalue weighted by atomic mass is 10.0. The molecule has 1 aliphatic rings. The van der Waals surface area contributed by atoms with Crippen LogP contribution in [0.15, 0.2) is 42.6 Å². The Morgan fingerprint density at radius 3 is 2.18 bits per heavy atom. The Hall–Kier alpha value is -4.49. The van der Waals surface area contributed by atoms with Gasteiger partial charge in [-0.3, -0.25) is 4.98 Å². The van der Waals surface area contributed by atoms with Crippen molar-refractivity contribution in [3.05, 3.63) is 65.4 Å². The van der Waals surface area contributed by atoms with Gasteiger partial charge in [-0.15, -0.1) is 9.97 Å². The Bertz CT molecular complexity index is 1590. The van der Waals surface area contributed by atoms with Crippen LogP contribution in [0.4, 0.5) is 11.6 Å². The van der Waals surface area contributed by atoms with Gasteiger partial charge in [0.1, 0.15) is 11.4 Å². The van der Waals surface area contributed by atoms with Crippen LogP contribution in [0.1, 0.15) is 0 Å². The predicted molar refractivity (Wildman–Crippen MR) is 105 cm³/mol. The summed E-state index contributed by atoms with van der Waals surface area (Å²) >= 11 is 0. The van der Waals surface area contributed by atoms with Gasteiger partial charge in [0, 0.05) is 33.5 Å². The smallest absolute Gasteiger partial charge is 0.316 e. The van der Waals surface area contributed by atoms with E-state index in [9.17, 15) is 0 Å². The zero-order chi connectivity index (χ0) is 18.8. The summed E-state index contributed by atoms with van der Waals surface area (Å²) in [4.78, 5) is 28.9. The largest absolute Gasteiger partial charge is 0.370 e. The standard InChI is InChI=1S/C21H7N7/c1-22-18-19(23-2)28-21-20(27-18)25-16-12-7-3-6-11-14(12)13(17(16)26-21)9-10-5-4-8-24-15(10)11/h3-9H. The molecular formula is C21H7N7. The average Bonchev–Trinajstić information content (AvgIpc) is 3.05. The van der Waals surface area contributed by atoms with Crippen molar-refractivity contribution in [2.24, 2.45) is 0 Å². The minimum atomic E-state index is -0.0554. The summed E-state index contributed by atoms with van der Waals surface area (Å²) in [5.41, 5.74) is 4.83. The molecule has 0 unspecified atom stereocenters. The fraction of sp³-hybridized carbons (Fsp3) is 0. The van der Waals surface area contributed by atoms with Gasteiger partial charge in [0.15, 0.2) is 0 Å². The molecule has 28 heavy (non-hydrogen) atoms. The van der Waals surface area contributed by atoms with Gasteiger partial charge in [-0.25, -0.2) is 0 Å². The van der Waals surface area contributed by atoms with Crippen LogP contribution in [0.3, 0.4) is 0 Å². The second-order valence-corrected chi connectivity index (χ2v) is 6.39. The zero-order valence-electron chi connectivity index (χ0n) is 14.2. The summed E-state index contributed by atoms with van der Waals surface area (Å²) in [6.45, 7) is 14.4. The number of fused-ring (bicyclic) bond motifs is 6. The fourth-order valence-corrected chi connectivity index (χ4v) is 3.80. The fourth-order valence-electron chi connectivity index (χ4n) is 3.80. The van der Waals surface area contributed by atoms with Gasteiger partial charge in [-0.05, 0) is 12.1 Å². The summed E-state index contributed by atoms with van der Waals surface area (Å²) < 4.78 is 0. The van der Waals surface area contributed by atoms with Gasteiger partial charge in [0.2, 0.25) is 0 Å². The maximum Gasteiger partial charge on any atom is 0.316 e. The van der Waals surface area contributed by atoms with Crippen LogP contribution in [0.2, 0.25) is 0 Å². The Morgan fingerprint density at radius 2 is 1.46 bits per heavy atom. The van der Waals surface area contributed by atoms with Gasteiger partial charge >= 0.3 is 11.3 Å². The third-order valence-electron chi connectivity index (χ3n) is 4.93. The quantitative estimate of drug-likeness (QED) is 0.286. The van der Waals surface area contributed by atoms with Gasteiger partial charge in [-0.2, -0.15) is 9.97 Å². The Labute approximate surface area is 158 Å². The highest BCUT2D eigenvalue weighted by Crippen LogP contribution is 2.47. The predicted octanol–water partition coefficient (Wildman–Crippen LogP) is 4.87. The lowest BCUT2D eigenvalue weighted by Crippen LogP contribution is -1.95. The lowest BCUT2D eigenvalue weighted by Gasteiger charge is -2.05. The molecule has 3 aromatic heterocycles. The Balaban J connectivity index is 1.79. The van der Waals surface area contributed by atoms with Crippen molar-refractivity contribution in [2.75, 3.05) is 0 Å². The van der Waals surface area contributed by atoms with E-state index in [1.165, 1.54) is 0 Å². The van der Waals surface area contributed by atoms with Crippen molar-refractivity contribution in [1.82, 2.24) is 24.9 Å². The van der Waals surface area contributed by atoms with Crippen molar-refractivity contribution >= 4 is 44.6 Å². The summed E-state index contributed by atoms with van der Waals surface area (Å²) in [5.74, 6) is -0.111. The first-order valence-corrected chi connectivity index (χ1v) is 8.44. The molecule has 0 saturated heterocycles. The van der Waals surface area contributed by atoms with Crippen molar-refractivity contribution < 1.29 is 0 Å². The molecule has 0 aliphatic heterocycles. The Morgan fingerprint density at radius 1 is 0.750 bits per heavy atom. The van der Waals surface area contributed by atoms with E-state index in [2.05, 4.69) is 40.7 Å². The summed E-state index contributed by atoms with van der Waals surface area (Å²) in [5, 5.41) is 3.11. The van der Waals surface area contributed by atoms with Crippen LogP contribution in [-0.4, -0.2) is 24.9 Å². The topological polar surface area (TPSA) is 73.2 Å². The minimum absolute atomic E-state index is 0.0552. The first-order valence-electron chi connectivity index (χ1n) is 8.44. The molecule has 2 aromatic carbocycles. The summed E-state index contributed by atoms with van der Waals surface area (Å²) in [6, 6.07) is 12.0. The van der Waals surface area contributed by atoms with Gasteiger partial charge in [-0.1, -0.05) is 37.4 Å². The van der Waals surface area contributed by atoms with E-state index in [4.69, 9.17) is 13.1 Å². The van der Waals surface area contributed by atoms with Crippen LogP contribution in [0.5, 0.6) is 0 Å². The number of hydrogen-bond donors (Lipinski definition) is 0. The summed E-state index contributed by atoms with van der Waals surface area (Å²) in [6.07, 6.45) is 1.79. The van der Waals surface area contributed by atoms with E-state index >= 15 is 0 Å². The SMILES string of the molecule is [C-]#[N+]c1nc2nc3c(nc2nc1[N+]#[C-])-c1cc2cccnc2c2cccc-3c12. The number of hydrogen-bond acceptors (Lipinski definition) is 5. The zero-order valence-corrected chi connectivity index (χ0v) is 14.2. The highest BCUT2D eigenvalue weighted by molar-refractivity contribution is 6.21.